The molecule has 1 atom stereocenters. The number of aromatic nitrogens is 3. The molecule has 2 aromatic heterocycles. The van der Waals surface area contributed by atoms with Gasteiger partial charge in [-0.25, -0.2) is 0 Å². The van der Waals surface area contributed by atoms with Crippen molar-refractivity contribution in [2.75, 3.05) is 10.7 Å². The van der Waals surface area contributed by atoms with Gasteiger partial charge in [0, 0.05) is 23.8 Å². The number of para-hydroxylation sites is 1. The van der Waals surface area contributed by atoms with Crippen LogP contribution in [-0.2, 0) is 4.79 Å². The van der Waals surface area contributed by atoms with E-state index < -0.39 is 6.23 Å². The molecule has 0 fully saturated rings. The Labute approximate surface area is 178 Å². The molecule has 1 amide bonds. The van der Waals surface area contributed by atoms with Crippen LogP contribution in [0.4, 0.5) is 5.69 Å². The van der Waals surface area contributed by atoms with Crippen LogP contribution < -0.4 is 9.64 Å². The summed E-state index contributed by atoms with van der Waals surface area (Å²) in [5, 5.41) is 13.3. The van der Waals surface area contributed by atoms with Crippen molar-refractivity contribution < 1.29 is 9.53 Å². The van der Waals surface area contributed by atoms with Gasteiger partial charge in [0.1, 0.15) is 0 Å². The van der Waals surface area contributed by atoms with Gasteiger partial charge in [0.15, 0.2) is 5.69 Å². The van der Waals surface area contributed by atoms with E-state index in [9.17, 15) is 4.79 Å². The highest BCUT2D eigenvalue weighted by Gasteiger charge is 2.34. The zero-order chi connectivity index (χ0) is 20.2. The number of thiophene rings is 1. The van der Waals surface area contributed by atoms with E-state index >= 15 is 0 Å². The highest BCUT2D eigenvalue weighted by molar-refractivity contribution is 7.99. The highest BCUT2D eigenvalue weighted by Crippen LogP contribution is 2.43. The summed E-state index contributed by atoms with van der Waals surface area (Å²) in [6.07, 6.45) is 2.87. The van der Waals surface area contributed by atoms with E-state index in [0.29, 0.717) is 16.7 Å². The zero-order valence-corrected chi connectivity index (χ0v) is 18.0. The van der Waals surface area contributed by atoms with Crippen LogP contribution >= 0.6 is 23.1 Å². The van der Waals surface area contributed by atoms with Crippen LogP contribution in [0.15, 0.2) is 46.2 Å². The van der Waals surface area contributed by atoms with Crippen molar-refractivity contribution in [3.05, 3.63) is 46.7 Å². The van der Waals surface area contributed by atoms with Crippen LogP contribution in [0.2, 0.25) is 0 Å². The van der Waals surface area contributed by atoms with Gasteiger partial charge in [-0.3, -0.25) is 9.69 Å². The van der Waals surface area contributed by atoms with Gasteiger partial charge in [-0.05, 0) is 29.3 Å². The second-order valence-electron chi connectivity index (χ2n) is 6.74. The predicted octanol–water partition coefficient (Wildman–Crippen LogP) is 5.33. The van der Waals surface area contributed by atoms with Gasteiger partial charge in [0.05, 0.1) is 5.69 Å². The van der Waals surface area contributed by atoms with Crippen molar-refractivity contribution in [1.82, 2.24) is 15.2 Å². The number of anilines is 1. The quantitative estimate of drug-likeness (QED) is 0.392. The molecular formula is C21H22N4O2S2. The number of hydrogen-bond acceptors (Lipinski definition) is 7. The Kier molecular flexibility index (Phi) is 6.10. The molecule has 0 aliphatic carbocycles. The number of rotatable bonds is 6. The van der Waals surface area contributed by atoms with Gasteiger partial charge < -0.3 is 4.74 Å². The monoisotopic (exact) mass is 426 g/mol. The van der Waals surface area contributed by atoms with Gasteiger partial charge in [-0.1, -0.05) is 49.7 Å². The molecular weight excluding hydrogens is 404 g/mol. The summed E-state index contributed by atoms with van der Waals surface area (Å²) in [7, 11) is 0. The smallest absolute Gasteiger partial charge is 0.247 e. The predicted molar refractivity (Wildman–Crippen MR) is 116 cm³/mol. The third-order valence-corrected chi connectivity index (χ3v) is 6.28. The lowest BCUT2D eigenvalue weighted by Gasteiger charge is -2.29. The molecule has 0 saturated heterocycles. The minimum Gasteiger partial charge on any atom is -0.447 e. The van der Waals surface area contributed by atoms with Gasteiger partial charge in [0.2, 0.25) is 23.2 Å². The first kappa shape index (κ1) is 19.8. The molecule has 6 nitrogen and oxygen atoms in total. The third-order valence-electron chi connectivity index (χ3n) is 4.66. The molecule has 29 heavy (non-hydrogen) atoms. The van der Waals surface area contributed by atoms with Crippen molar-refractivity contribution >= 4 is 34.7 Å². The average molecular weight is 427 g/mol. The lowest BCUT2D eigenvalue weighted by atomic mass is 10.1. The topological polar surface area (TPSA) is 68.2 Å². The fourth-order valence-corrected chi connectivity index (χ4v) is 4.71. The minimum absolute atomic E-state index is 0.108. The molecule has 1 aromatic carbocycles. The number of benzene rings is 1. The second kappa shape index (κ2) is 8.92. The normalized spacial score (nSPS) is 15.2. The number of fused-ring (bicyclic) bond motifs is 3. The summed E-state index contributed by atoms with van der Waals surface area (Å²) in [4.78, 5) is 18.9. The zero-order valence-electron chi connectivity index (χ0n) is 16.4. The van der Waals surface area contributed by atoms with E-state index in [4.69, 9.17) is 4.74 Å². The third kappa shape index (κ3) is 4.13. The van der Waals surface area contributed by atoms with E-state index in [2.05, 4.69) is 22.1 Å². The maximum absolute atomic E-state index is 12.6. The molecule has 0 radical (unpaired) electrons. The first-order valence-electron chi connectivity index (χ1n) is 9.64. The van der Waals surface area contributed by atoms with E-state index in [1.165, 1.54) is 12.8 Å². The van der Waals surface area contributed by atoms with Crippen molar-refractivity contribution in [2.24, 2.45) is 0 Å². The Morgan fingerprint density at radius 1 is 1.24 bits per heavy atom. The Bertz CT molecular complexity index is 994. The fourth-order valence-electron chi connectivity index (χ4n) is 3.26. The molecule has 0 spiro atoms. The van der Waals surface area contributed by atoms with E-state index in [-0.39, 0.29) is 5.91 Å². The molecule has 8 heteroatoms. The van der Waals surface area contributed by atoms with Crippen molar-refractivity contribution in [2.45, 2.75) is 44.5 Å². The molecule has 3 heterocycles. The fraction of sp³-hybridized carbons (Fsp3) is 0.333. The van der Waals surface area contributed by atoms with Gasteiger partial charge >= 0.3 is 0 Å². The lowest BCUT2D eigenvalue weighted by molar-refractivity contribution is -0.118. The van der Waals surface area contributed by atoms with E-state index in [1.54, 1.807) is 34.9 Å². The first-order valence-corrected chi connectivity index (χ1v) is 11.6. The summed E-state index contributed by atoms with van der Waals surface area (Å²) in [5.74, 6) is 1.24. The molecule has 0 unspecified atom stereocenters. The molecule has 1 aliphatic heterocycles. The number of amides is 1. The molecule has 150 valence electrons. The molecule has 0 bridgehead atoms. The summed E-state index contributed by atoms with van der Waals surface area (Å²) >= 11 is 3.15. The van der Waals surface area contributed by atoms with Crippen molar-refractivity contribution in [3.63, 3.8) is 0 Å². The van der Waals surface area contributed by atoms with Gasteiger partial charge in [-0.15, -0.1) is 10.2 Å². The van der Waals surface area contributed by atoms with Crippen LogP contribution in [0.3, 0.4) is 0 Å². The average Bonchev–Trinajstić information content (AvgIpc) is 3.21. The first-order chi connectivity index (χ1) is 14.2. The Hall–Kier alpha value is -2.45. The SMILES string of the molecule is CCCCCSc1nnc2c(n1)O[C@@H](c1ccsc1)N(C(C)=O)c1ccccc1-2. The van der Waals surface area contributed by atoms with Crippen LogP contribution in [0.25, 0.3) is 11.3 Å². The van der Waals surface area contributed by atoms with Crippen LogP contribution in [-0.4, -0.2) is 26.8 Å². The minimum atomic E-state index is -0.601. The molecule has 3 aromatic rings. The number of carbonyl (C=O) groups excluding carboxylic acids is 1. The Balaban J connectivity index is 1.77. The van der Waals surface area contributed by atoms with Crippen LogP contribution in [0.1, 0.15) is 44.9 Å². The largest absolute Gasteiger partial charge is 0.447 e. The molecule has 4 rings (SSSR count). The van der Waals surface area contributed by atoms with Gasteiger partial charge in [0.25, 0.3) is 0 Å². The Morgan fingerprint density at radius 3 is 2.86 bits per heavy atom. The standard InChI is InChI=1S/C21H22N4O2S2/c1-3-4-7-11-29-21-22-19-18(23-24-21)16-8-5-6-9-17(16)25(14(2)26)20(27-19)15-10-12-28-13-15/h5-6,8-10,12-13,20H,3-4,7,11H2,1-2H3/t20-/m0/s1. The number of hydrogen-bond donors (Lipinski definition) is 0. The maximum atomic E-state index is 12.6. The van der Waals surface area contributed by atoms with Crippen LogP contribution in [0, 0.1) is 0 Å². The Morgan fingerprint density at radius 2 is 2.10 bits per heavy atom. The number of unbranched alkanes of at least 4 members (excludes halogenated alkanes) is 2. The molecule has 1 aliphatic rings. The summed E-state index contributed by atoms with van der Waals surface area (Å²) in [5.41, 5.74) is 3.00. The number of thioether (sulfide) groups is 1. The summed E-state index contributed by atoms with van der Waals surface area (Å²) in [6, 6.07) is 9.62. The highest BCUT2D eigenvalue weighted by atomic mass is 32.2. The van der Waals surface area contributed by atoms with E-state index in [1.807, 2.05) is 41.1 Å². The maximum Gasteiger partial charge on any atom is 0.247 e. The van der Waals surface area contributed by atoms with E-state index in [0.717, 1.165) is 29.0 Å². The van der Waals surface area contributed by atoms with Crippen LogP contribution in [0.5, 0.6) is 5.88 Å². The number of ether oxygens (including phenoxy) is 1. The number of carbonyl (C=O) groups is 1. The summed E-state index contributed by atoms with van der Waals surface area (Å²) < 4.78 is 6.31. The van der Waals surface area contributed by atoms with Gasteiger partial charge in [-0.2, -0.15) is 16.3 Å². The second-order valence-corrected chi connectivity index (χ2v) is 8.58. The van der Waals surface area contributed by atoms with Crippen molar-refractivity contribution in [3.8, 4) is 17.1 Å². The lowest BCUT2D eigenvalue weighted by Crippen LogP contribution is -2.35. The van der Waals surface area contributed by atoms with Crippen molar-refractivity contribution in [1.29, 1.82) is 0 Å². The summed E-state index contributed by atoms with van der Waals surface area (Å²) in [6.45, 7) is 3.73. The molecule has 0 saturated carbocycles. The molecule has 0 N–H and O–H groups in total. The number of nitrogens with zero attached hydrogens (tertiary/aromatic N) is 4.